The van der Waals surface area contributed by atoms with Gasteiger partial charge in [-0.05, 0) is 26.0 Å². The van der Waals surface area contributed by atoms with Gasteiger partial charge in [0.15, 0.2) is 9.84 Å². The molecule has 0 unspecified atom stereocenters. The van der Waals surface area contributed by atoms with Gasteiger partial charge in [-0.3, -0.25) is 14.8 Å². The molecule has 2 fully saturated rings. The summed E-state index contributed by atoms with van der Waals surface area (Å²) < 4.78 is 30.5. The van der Waals surface area contributed by atoms with Crippen LogP contribution in [0.1, 0.15) is 19.7 Å². The average Bonchev–Trinajstić information content (AvgIpc) is 3.25. The van der Waals surface area contributed by atoms with E-state index in [1.54, 1.807) is 12.4 Å². The average molecular weight is 404 g/mol. The molecule has 0 aromatic carbocycles. The lowest BCUT2D eigenvalue weighted by atomic mass is 10.0. The Morgan fingerprint density at radius 2 is 1.96 bits per heavy atom. The minimum atomic E-state index is -3.04. The number of nitrogens with zero attached hydrogens (tertiary/aromatic N) is 5. The van der Waals surface area contributed by atoms with Gasteiger partial charge >= 0.3 is 0 Å². The molecule has 2 aromatic heterocycles. The van der Waals surface area contributed by atoms with E-state index in [9.17, 15) is 8.42 Å². The summed E-state index contributed by atoms with van der Waals surface area (Å²) >= 11 is 0. The van der Waals surface area contributed by atoms with E-state index < -0.39 is 9.84 Å². The maximum Gasteiger partial charge on any atom is 0.249 e. The number of sulfone groups is 1. The van der Waals surface area contributed by atoms with Crippen molar-refractivity contribution in [3.63, 3.8) is 0 Å². The van der Waals surface area contributed by atoms with Crippen LogP contribution in [0.25, 0.3) is 11.5 Å². The summed E-state index contributed by atoms with van der Waals surface area (Å²) in [6.45, 7) is 6.98. The monoisotopic (exact) mass is 403 g/mol. The lowest BCUT2D eigenvalue weighted by molar-refractivity contribution is 0.0425. The normalized spacial score (nSPS) is 24.8. The highest BCUT2D eigenvalue weighted by Gasteiger charge is 2.46. The van der Waals surface area contributed by atoms with Gasteiger partial charge in [-0.25, -0.2) is 8.42 Å². The quantitative estimate of drug-likeness (QED) is 0.692. The van der Waals surface area contributed by atoms with Crippen molar-refractivity contribution in [3.05, 3.63) is 42.1 Å². The highest BCUT2D eigenvalue weighted by atomic mass is 32.2. The van der Waals surface area contributed by atoms with Crippen LogP contribution in [0, 0.1) is 0 Å². The molecule has 28 heavy (non-hydrogen) atoms. The van der Waals surface area contributed by atoms with E-state index >= 15 is 0 Å². The van der Waals surface area contributed by atoms with Gasteiger partial charge in [0.05, 0.1) is 23.6 Å². The molecule has 0 amide bonds. The molecule has 0 spiro atoms. The first-order chi connectivity index (χ1) is 13.4. The van der Waals surface area contributed by atoms with Crippen LogP contribution in [0.5, 0.6) is 0 Å². The van der Waals surface area contributed by atoms with E-state index in [1.165, 1.54) is 5.57 Å². The fourth-order valence-electron chi connectivity index (χ4n) is 3.92. The zero-order valence-corrected chi connectivity index (χ0v) is 17.0. The Hall–Kier alpha value is -2.10. The van der Waals surface area contributed by atoms with Gasteiger partial charge < -0.3 is 4.42 Å². The van der Waals surface area contributed by atoms with E-state index in [0.717, 1.165) is 25.2 Å². The maximum atomic E-state index is 12.3. The molecule has 2 aliphatic heterocycles. The number of hydrogen-bond donors (Lipinski definition) is 0. The van der Waals surface area contributed by atoms with Gasteiger partial charge in [0, 0.05) is 44.1 Å². The largest absolute Gasteiger partial charge is 0.419 e. The van der Waals surface area contributed by atoms with Crippen molar-refractivity contribution < 1.29 is 12.8 Å². The van der Waals surface area contributed by atoms with Crippen LogP contribution < -0.4 is 0 Å². The molecule has 9 heteroatoms. The number of hydrogen-bond acceptors (Lipinski definition) is 8. The Labute approximate surface area is 165 Å². The van der Waals surface area contributed by atoms with Crippen LogP contribution in [0.15, 0.2) is 40.6 Å². The molecule has 0 bridgehead atoms. The lowest BCUT2D eigenvalue weighted by Crippen LogP contribution is -2.58. The Morgan fingerprint density at radius 1 is 1.21 bits per heavy atom. The third-order valence-electron chi connectivity index (χ3n) is 5.35. The van der Waals surface area contributed by atoms with E-state index in [1.807, 2.05) is 12.1 Å². The molecule has 8 nitrogen and oxygen atoms in total. The summed E-state index contributed by atoms with van der Waals surface area (Å²) in [7, 11) is -3.04. The minimum absolute atomic E-state index is 0.00932. The molecule has 0 saturated carbocycles. The molecule has 150 valence electrons. The van der Waals surface area contributed by atoms with E-state index in [-0.39, 0.29) is 23.6 Å². The van der Waals surface area contributed by atoms with Crippen LogP contribution in [-0.2, 0) is 16.4 Å². The van der Waals surface area contributed by atoms with Crippen molar-refractivity contribution in [2.45, 2.75) is 32.5 Å². The summed E-state index contributed by atoms with van der Waals surface area (Å²) in [6.07, 6.45) is 5.53. The second kappa shape index (κ2) is 7.73. The Morgan fingerprint density at radius 3 is 2.68 bits per heavy atom. The molecule has 2 aliphatic rings. The number of pyridine rings is 1. The van der Waals surface area contributed by atoms with Gasteiger partial charge in [-0.15, -0.1) is 10.2 Å². The molecule has 0 aliphatic carbocycles. The van der Waals surface area contributed by atoms with Gasteiger partial charge in [0.1, 0.15) is 0 Å². The lowest BCUT2D eigenvalue weighted by Gasteiger charge is -2.43. The number of allylic oxidation sites excluding steroid dienone is 1. The standard InChI is InChI=1S/C19H25N5O3S/c1-14(2)5-7-23-8-9-24(17-13-28(25,26)12-16(17)23)11-18-21-22-19(27-18)15-4-3-6-20-10-15/h3-6,10,16-17H,7-9,11-13H2,1-2H3/t16-,17+/m0/s1. The smallest absolute Gasteiger partial charge is 0.249 e. The van der Waals surface area contributed by atoms with Crippen molar-refractivity contribution in [2.75, 3.05) is 31.1 Å². The number of fused-ring (bicyclic) bond motifs is 1. The van der Waals surface area contributed by atoms with Crippen molar-refractivity contribution in [3.8, 4) is 11.5 Å². The molecule has 0 N–H and O–H groups in total. The third-order valence-corrected chi connectivity index (χ3v) is 7.05. The minimum Gasteiger partial charge on any atom is -0.419 e. The fourth-order valence-corrected chi connectivity index (χ4v) is 5.96. The zero-order chi connectivity index (χ0) is 19.7. The van der Waals surface area contributed by atoms with E-state index in [0.29, 0.717) is 18.3 Å². The zero-order valence-electron chi connectivity index (χ0n) is 16.2. The molecule has 4 heterocycles. The van der Waals surface area contributed by atoms with Crippen LogP contribution in [0.3, 0.4) is 0 Å². The molecular formula is C19H25N5O3S. The van der Waals surface area contributed by atoms with Crippen molar-refractivity contribution in [1.29, 1.82) is 0 Å². The molecule has 0 radical (unpaired) electrons. The molecule has 4 rings (SSSR count). The third kappa shape index (κ3) is 4.16. The number of rotatable bonds is 5. The first-order valence-electron chi connectivity index (χ1n) is 9.46. The van der Waals surface area contributed by atoms with Gasteiger partial charge in [0.2, 0.25) is 11.8 Å². The van der Waals surface area contributed by atoms with Gasteiger partial charge in [-0.1, -0.05) is 11.6 Å². The number of piperazine rings is 1. The van der Waals surface area contributed by atoms with Crippen LogP contribution in [-0.4, -0.2) is 76.6 Å². The fraction of sp³-hybridized carbons (Fsp3) is 0.526. The van der Waals surface area contributed by atoms with Crippen LogP contribution >= 0.6 is 0 Å². The summed E-state index contributed by atoms with van der Waals surface area (Å²) in [5.41, 5.74) is 2.02. The SMILES string of the molecule is CC(C)=CCN1CCN(Cc2nnc(-c3cccnc3)o2)[C@@H]2CS(=O)(=O)C[C@@H]21. The maximum absolute atomic E-state index is 12.3. The Kier molecular flexibility index (Phi) is 5.31. The van der Waals surface area contributed by atoms with E-state index in [4.69, 9.17) is 4.42 Å². The first-order valence-corrected chi connectivity index (χ1v) is 11.3. The van der Waals surface area contributed by atoms with Gasteiger partial charge in [0.25, 0.3) is 0 Å². The summed E-state index contributed by atoms with van der Waals surface area (Å²) in [4.78, 5) is 8.53. The molecular weight excluding hydrogens is 378 g/mol. The number of aromatic nitrogens is 3. The molecule has 2 saturated heterocycles. The van der Waals surface area contributed by atoms with Crippen LogP contribution in [0.4, 0.5) is 0 Å². The van der Waals surface area contributed by atoms with Crippen LogP contribution in [0.2, 0.25) is 0 Å². The highest BCUT2D eigenvalue weighted by Crippen LogP contribution is 2.28. The predicted molar refractivity (Wildman–Crippen MR) is 105 cm³/mol. The summed E-state index contributed by atoms with van der Waals surface area (Å²) in [5, 5.41) is 8.27. The molecule has 2 atom stereocenters. The topological polar surface area (TPSA) is 92.4 Å². The Balaban J connectivity index is 1.50. The van der Waals surface area contributed by atoms with Crippen molar-refractivity contribution in [1.82, 2.24) is 25.0 Å². The van der Waals surface area contributed by atoms with E-state index in [2.05, 4.69) is 44.9 Å². The van der Waals surface area contributed by atoms with Crippen molar-refractivity contribution in [2.24, 2.45) is 0 Å². The summed E-state index contributed by atoms with van der Waals surface area (Å²) in [6, 6.07) is 3.65. The second-order valence-electron chi connectivity index (χ2n) is 7.70. The second-order valence-corrected chi connectivity index (χ2v) is 9.85. The highest BCUT2D eigenvalue weighted by molar-refractivity contribution is 7.91. The predicted octanol–water partition coefficient (Wildman–Crippen LogP) is 1.38. The molecule has 2 aromatic rings. The van der Waals surface area contributed by atoms with Gasteiger partial charge in [-0.2, -0.15) is 0 Å². The van der Waals surface area contributed by atoms with Crippen molar-refractivity contribution >= 4 is 9.84 Å². The summed E-state index contributed by atoms with van der Waals surface area (Å²) in [5.74, 6) is 1.34. The Bertz CT molecular complexity index is 953. The first kappa shape index (κ1) is 19.2.